The van der Waals surface area contributed by atoms with Crippen molar-refractivity contribution in [3.05, 3.63) is 65.0 Å². The number of benzene rings is 2. The Balaban J connectivity index is 1.32. The lowest BCUT2D eigenvalue weighted by Crippen LogP contribution is -2.49. The predicted molar refractivity (Wildman–Crippen MR) is 124 cm³/mol. The van der Waals surface area contributed by atoms with E-state index < -0.39 is 6.10 Å². The molecule has 3 aromatic rings. The van der Waals surface area contributed by atoms with Crippen molar-refractivity contribution in [1.29, 1.82) is 0 Å². The summed E-state index contributed by atoms with van der Waals surface area (Å²) in [4.78, 5) is 12.6. The van der Waals surface area contributed by atoms with E-state index in [-0.39, 0.29) is 23.9 Å². The molecule has 1 aliphatic rings. The smallest absolute Gasteiger partial charge is 0.251 e. The molecule has 0 saturated carbocycles. The Morgan fingerprint density at radius 3 is 2.64 bits per heavy atom. The van der Waals surface area contributed by atoms with Crippen LogP contribution >= 0.6 is 0 Å². The number of aliphatic hydroxyl groups is 1. The minimum atomic E-state index is -0.710. The molecule has 4 rings (SSSR count). The van der Waals surface area contributed by atoms with Gasteiger partial charge in [-0.25, -0.2) is 0 Å². The van der Waals surface area contributed by atoms with Crippen molar-refractivity contribution < 1.29 is 19.1 Å². The van der Waals surface area contributed by atoms with E-state index in [0.29, 0.717) is 30.3 Å². The van der Waals surface area contributed by atoms with Crippen LogP contribution in [-0.4, -0.2) is 47.0 Å². The van der Waals surface area contributed by atoms with Gasteiger partial charge >= 0.3 is 0 Å². The van der Waals surface area contributed by atoms with Crippen molar-refractivity contribution in [2.45, 2.75) is 51.3 Å². The van der Waals surface area contributed by atoms with Crippen molar-refractivity contribution in [2.24, 2.45) is 0 Å². The summed E-state index contributed by atoms with van der Waals surface area (Å²) >= 11 is 0. The van der Waals surface area contributed by atoms with E-state index in [1.54, 1.807) is 31.4 Å². The number of nitrogens with one attached hydrogen (secondary N) is 2. The van der Waals surface area contributed by atoms with Gasteiger partial charge in [0.15, 0.2) is 0 Å². The van der Waals surface area contributed by atoms with Crippen molar-refractivity contribution in [3.8, 4) is 17.2 Å². The van der Waals surface area contributed by atoms with Crippen LogP contribution < -0.4 is 15.4 Å². The number of aromatic nitrogens is 2. The zero-order valence-corrected chi connectivity index (χ0v) is 19.4. The van der Waals surface area contributed by atoms with Crippen LogP contribution in [0.4, 0.5) is 0 Å². The van der Waals surface area contributed by atoms with Crippen LogP contribution in [0.25, 0.3) is 11.5 Å². The van der Waals surface area contributed by atoms with Gasteiger partial charge in [0.2, 0.25) is 11.8 Å². The van der Waals surface area contributed by atoms with Gasteiger partial charge in [0, 0.05) is 35.7 Å². The van der Waals surface area contributed by atoms with Gasteiger partial charge in [-0.3, -0.25) is 4.79 Å². The molecular formula is C25H30N4O4. The molecule has 2 aromatic carbocycles. The van der Waals surface area contributed by atoms with Crippen LogP contribution in [0, 0.1) is 0 Å². The molecule has 2 atom stereocenters. The second kappa shape index (κ2) is 9.33. The first-order chi connectivity index (χ1) is 15.7. The second-order valence-electron chi connectivity index (χ2n) is 9.34. The van der Waals surface area contributed by atoms with E-state index in [1.165, 1.54) is 5.56 Å². The Labute approximate surface area is 193 Å². The van der Waals surface area contributed by atoms with Crippen LogP contribution in [0.1, 0.15) is 48.1 Å². The van der Waals surface area contributed by atoms with Crippen LogP contribution in [-0.2, 0) is 18.4 Å². The van der Waals surface area contributed by atoms with Gasteiger partial charge in [-0.1, -0.05) is 26.8 Å². The molecular weight excluding hydrogens is 420 g/mol. The summed E-state index contributed by atoms with van der Waals surface area (Å²) in [6, 6.07) is 12.8. The molecule has 174 valence electrons. The van der Waals surface area contributed by atoms with Crippen molar-refractivity contribution in [1.82, 2.24) is 20.8 Å². The predicted octanol–water partition coefficient (Wildman–Crippen LogP) is 2.85. The largest absolute Gasteiger partial charge is 0.497 e. The lowest BCUT2D eigenvalue weighted by atomic mass is 9.92. The first kappa shape index (κ1) is 22.9. The Hall–Kier alpha value is -3.23. The van der Waals surface area contributed by atoms with Crippen molar-refractivity contribution >= 4 is 5.91 Å². The zero-order valence-electron chi connectivity index (χ0n) is 19.4. The standard InChI is InChI=1S/C25H30N4O4/c1-25(2,3)24-29-28-23(33-24)16-7-5-15(6-8-16)22(31)27-14-21(30)20-12-17-9-10-19(32-4)11-18(17)13-26-20/h5-11,20-21,26,30H,12-14H2,1-4H3,(H,27,31)/t20-,21+/m0/s1. The number of aliphatic hydroxyl groups excluding tert-OH is 1. The van der Waals surface area contributed by atoms with Gasteiger partial charge < -0.3 is 24.9 Å². The molecule has 0 unspecified atom stereocenters. The molecule has 8 nitrogen and oxygen atoms in total. The number of hydrogen-bond acceptors (Lipinski definition) is 7. The lowest BCUT2D eigenvalue weighted by Gasteiger charge is -2.30. The fourth-order valence-electron chi connectivity index (χ4n) is 3.76. The molecule has 3 N–H and O–H groups in total. The highest BCUT2D eigenvalue weighted by atomic mass is 16.5. The first-order valence-electron chi connectivity index (χ1n) is 11.0. The van der Waals surface area contributed by atoms with Gasteiger partial charge in [-0.2, -0.15) is 0 Å². The third-order valence-corrected chi connectivity index (χ3v) is 5.80. The van der Waals surface area contributed by atoms with Crippen LogP contribution in [0.2, 0.25) is 0 Å². The zero-order chi connectivity index (χ0) is 23.6. The average molecular weight is 451 g/mol. The normalized spacial score (nSPS) is 16.7. The van der Waals surface area contributed by atoms with Gasteiger partial charge in [0.1, 0.15) is 5.75 Å². The van der Waals surface area contributed by atoms with Crippen LogP contribution in [0.15, 0.2) is 46.9 Å². The fraction of sp³-hybridized carbons (Fsp3) is 0.400. The maximum absolute atomic E-state index is 12.6. The lowest BCUT2D eigenvalue weighted by molar-refractivity contribution is 0.0870. The first-order valence-corrected chi connectivity index (χ1v) is 11.0. The molecule has 1 aromatic heterocycles. The summed E-state index contributed by atoms with van der Waals surface area (Å²) in [7, 11) is 1.65. The summed E-state index contributed by atoms with van der Waals surface area (Å²) < 4.78 is 11.0. The highest BCUT2D eigenvalue weighted by molar-refractivity contribution is 5.94. The van der Waals surface area contributed by atoms with Gasteiger partial charge in [-0.05, 0) is 53.9 Å². The molecule has 1 amide bonds. The van der Waals surface area contributed by atoms with Crippen molar-refractivity contribution in [3.63, 3.8) is 0 Å². The molecule has 0 radical (unpaired) electrons. The highest BCUT2D eigenvalue weighted by Gasteiger charge is 2.25. The summed E-state index contributed by atoms with van der Waals surface area (Å²) in [5.41, 5.74) is 3.36. The molecule has 1 aliphatic heterocycles. The third-order valence-electron chi connectivity index (χ3n) is 5.80. The number of amides is 1. The number of hydrogen-bond donors (Lipinski definition) is 3. The molecule has 2 heterocycles. The topological polar surface area (TPSA) is 110 Å². The second-order valence-corrected chi connectivity index (χ2v) is 9.34. The molecule has 8 heteroatoms. The minimum absolute atomic E-state index is 0.136. The molecule has 0 spiro atoms. The number of methoxy groups -OCH3 is 1. The third kappa shape index (κ3) is 5.23. The summed E-state index contributed by atoms with van der Waals surface area (Å²) in [5.74, 6) is 1.55. The SMILES string of the molecule is COc1ccc2c(c1)CN[C@H]([C@H](O)CNC(=O)c1ccc(-c3nnc(C(C)(C)C)o3)cc1)C2. The molecule has 0 bridgehead atoms. The minimum Gasteiger partial charge on any atom is -0.497 e. The van der Waals surface area contributed by atoms with Gasteiger partial charge in [0.25, 0.3) is 5.91 Å². The summed E-state index contributed by atoms with van der Waals surface area (Å²) in [6.07, 6.45) is -0.0242. The number of nitrogens with zero attached hydrogens (tertiary/aromatic N) is 2. The Kier molecular flexibility index (Phi) is 6.49. The Bertz CT molecular complexity index is 1120. The monoisotopic (exact) mass is 450 g/mol. The Morgan fingerprint density at radius 2 is 1.97 bits per heavy atom. The molecule has 33 heavy (non-hydrogen) atoms. The van der Waals surface area contributed by atoms with E-state index in [2.05, 4.69) is 20.8 Å². The van der Waals surface area contributed by atoms with E-state index in [9.17, 15) is 9.90 Å². The molecule has 0 saturated heterocycles. The van der Waals surface area contributed by atoms with Gasteiger partial charge in [0.05, 0.1) is 13.2 Å². The molecule has 0 fully saturated rings. The maximum Gasteiger partial charge on any atom is 0.251 e. The number of rotatable bonds is 6. The number of ether oxygens (including phenoxy) is 1. The number of carbonyl (C=O) groups excluding carboxylic acids is 1. The summed E-state index contributed by atoms with van der Waals surface area (Å²) in [6.45, 7) is 6.82. The number of fused-ring (bicyclic) bond motifs is 1. The quantitative estimate of drug-likeness (QED) is 0.530. The Morgan fingerprint density at radius 1 is 1.21 bits per heavy atom. The van der Waals surface area contributed by atoms with Crippen molar-refractivity contribution in [2.75, 3.05) is 13.7 Å². The van der Waals surface area contributed by atoms with Crippen LogP contribution in [0.5, 0.6) is 5.75 Å². The maximum atomic E-state index is 12.6. The van der Waals surface area contributed by atoms with E-state index in [1.807, 2.05) is 39.0 Å². The number of carbonyl (C=O) groups is 1. The van der Waals surface area contributed by atoms with E-state index >= 15 is 0 Å². The summed E-state index contributed by atoms with van der Waals surface area (Å²) in [5, 5.41) is 25.0. The molecule has 0 aliphatic carbocycles. The van der Waals surface area contributed by atoms with Gasteiger partial charge in [-0.15, -0.1) is 10.2 Å². The van der Waals surface area contributed by atoms with Crippen LogP contribution in [0.3, 0.4) is 0 Å². The fourth-order valence-corrected chi connectivity index (χ4v) is 3.76. The van der Waals surface area contributed by atoms with E-state index in [4.69, 9.17) is 9.15 Å². The highest BCUT2D eigenvalue weighted by Crippen LogP contribution is 2.26. The average Bonchev–Trinajstić information content (AvgIpc) is 3.33. The van der Waals surface area contributed by atoms with E-state index in [0.717, 1.165) is 16.9 Å².